The number of hydrogen-bond donors (Lipinski definition) is 2. The molecule has 1 heterocycles. The Morgan fingerprint density at radius 3 is 2.58 bits per heavy atom. The van der Waals surface area contributed by atoms with Crippen LogP contribution in [0.3, 0.4) is 0 Å². The summed E-state index contributed by atoms with van der Waals surface area (Å²) in [7, 11) is -3.52. The third kappa shape index (κ3) is 4.34. The number of sulfonamides is 1. The van der Waals surface area contributed by atoms with Gasteiger partial charge in [-0.1, -0.05) is 6.92 Å². The molecule has 1 aromatic carbocycles. The zero-order valence-corrected chi connectivity index (χ0v) is 16.8. The van der Waals surface area contributed by atoms with Crippen molar-refractivity contribution in [2.75, 3.05) is 5.32 Å². The standard InChI is InChI=1S/C19H24N2O3S2/c1-12(2)21-26(23,24)16-7-5-15(6-8-16)20-19(22)18-11-14-10-13(3)4-9-17(14)25-18/h5-8,11-13,21H,4,9-10H2,1-3H3,(H,20,22)/t13-/m1/s1. The zero-order valence-electron chi connectivity index (χ0n) is 15.2. The molecule has 0 spiro atoms. The Balaban J connectivity index is 1.70. The minimum absolute atomic E-state index is 0.145. The van der Waals surface area contributed by atoms with E-state index < -0.39 is 10.0 Å². The van der Waals surface area contributed by atoms with Gasteiger partial charge in [-0.25, -0.2) is 13.1 Å². The summed E-state index contributed by atoms with van der Waals surface area (Å²) in [5.74, 6) is 0.523. The number of benzene rings is 1. The molecule has 0 aliphatic heterocycles. The van der Waals surface area contributed by atoms with Crippen LogP contribution in [0.25, 0.3) is 0 Å². The lowest BCUT2D eigenvalue weighted by Gasteiger charge is -2.16. The molecule has 1 atom stereocenters. The van der Waals surface area contributed by atoms with Crippen molar-refractivity contribution in [1.29, 1.82) is 0 Å². The maximum Gasteiger partial charge on any atom is 0.265 e. The minimum atomic E-state index is -3.52. The van der Waals surface area contributed by atoms with Crippen LogP contribution in [-0.4, -0.2) is 20.4 Å². The molecular weight excluding hydrogens is 368 g/mol. The van der Waals surface area contributed by atoms with Gasteiger partial charge in [0.1, 0.15) is 0 Å². The molecule has 0 bridgehead atoms. The smallest absolute Gasteiger partial charge is 0.265 e. The van der Waals surface area contributed by atoms with Gasteiger partial charge in [0, 0.05) is 16.6 Å². The van der Waals surface area contributed by atoms with E-state index in [4.69, 9.17) is 0 Å². The van der Waals surface area contributed by atoms with Gasteiger partial charge in [-0.3, -0.25) is 4.79 Å². The van der Waals surface area contributed by atoms with Crippen LogP contribution in [0.2, 0.25) is 0 Å². The highest BCUT2D eigenvalue weighted by molar-refractivity contribution is 7.89. The number of fused-ring (bicyclic) bond motifs is 1. The van der Waals surface area contributed by atoms with E-state index >= 15 is 0 Å². The fourth-order valence-corrected chi connectivity index (χ4v) is 5.46. The van der Waals surface area contributed by atoms with Crippen LogP contribution in [0.4, 0.5) is 5.69 Å². The van der Waals surface area contributed by atoms with Crippen LogP contribution in [0.5, 0.6) is 0 Å². The van der Waals surface area contributed by atoms with Crippen LogP contribution in [0, 0.1) is 5.92 Å². The minimum Gasteiger partial charge on any atom is -0.321 e. The monoisotopic (exact) mass is 392 g/mol. The third-order valence-corrected chi connectivity index (χ3v) is 7.28. The Labute approximate surface area is 158 Å². The average molecular weight is 393 g/mol. The highest BCUT2D eigenvalue weighted by atomic mass is 32.2. The zero-order chi connectivity index (χ0) is 18.9. The quantitative estimate of drug-likeness (QED) is 0.812. The Kier molecular flexibility index (Phi) is 5.50. The molecule has 26 heavy (non-hydrogen) atoms. The molecule has 0 unspecified atom stereocenters. The number of hydrogen-bond acceptors (Lipinski definition) is 4. The number of nitrogens with one attached hydrogen (secondary N) is 2. The van der Waals surface area contributed by atoms with Gasteiger partial charge in [0.05, 0.1) is 9.77 Å². The average Bonchev–Trinajstić information content (AvgIpc) is 2.97. The Morgan fingerprint density at radius 2 is 1.92 bits per heavy atom. The van der Waals surface area contributed by atoms with Gasteiger partial charge in [0.2, 0.25) is 10.0 Å². The summed E-state index contributed by atoms with van der Waals surface area (Å²) in [6, 6.07) is 8.05. The summed E-state index contributed by atoms with van der Waals surface area (Å²) in [6.45, 7) is 5.78. The first-order chi connectivity index (χ1) is 12.2. The molecule has 0 saturated carbocycles. The molecule has 0 saturated heterocycles. The number of rotatable bonds is 5. The van der Waals surface area contributed by atoms with Crippen molar-refractivity contribution in [2.24, 2.45) is 5.92 Å². The molecule has 1 aliphatic carbocycles. The van der Waals surface area contributed by atoms with Crippen LogP contribution < -0.4 is 10.0 Å². The lowest BCUT2D eigenvalue weighted by molar-refractivity contribution is 0.103. The van der Waals surface area contributed by atoms with Crippen LogP contribution in [0.15, 0.2) is 35.2 Å². The van der Waals surface area contributed by atoms with Crippen molar-refractivity contribution in [3.05, 3.63) is 45.6 Å². The van der Waals surface area contributed by atoms with Gasteiger partial charge >= 0.3 is 0 Å². The number of carbonyl (C=O) groups excluding carboxylic acids is 1. The molecule has 7 heteroatoms. The van der Waals surface area contributed by atoms with E-state index in [9.17, 15) is 13.2 Å². The van der Waals surface area contributed by atoms with Crippen LogP contribution in [-0.2, 0) is 22.9 Å². The van der Waals surface area contributed by atoms with Gasteiger partial charge in [-0.05, 0) is 74.9 Å². The van der Waals surface area contributed by atoms with Crippen molar-refractivity contribution in [1.82, 2.24) is 4.72 Å². The second kappa shape index (κ2) is 7.50. The molecule has 140 valence electrons. The van der Waals surface area contributed by atoms with Crippen molar-refractivity contribution < 1.29 is 13.2 Å². The highest BCUT2D eigenvalue weighted by Crippen LogP contribution is 2.32. The first-order valence-electron chi connectivity index (χ1n) is 8.80. The predicted molar refractivity (Wildman–Crippen MR) is 105 cm³/mol. The van der Waals surface area contributed by atoms with E-state index in [0.29, 0.717) is 16.5 Å². The molecule has 0 radical (unpaired) electrons. The van der Waals surface area contributed by atoms with Crippen molar-refractivity contribution >= 4 is 33.0 Å². The summed E-state index contributed by atoms with van der Waals surface area (Å²) in [4.78, 5) is 14.7. The van der Waals surface area contributed by atoms with Gasteiger partial charge in [0.25, 0.3) is 5.91 Å². The summed E-state index contributed by atoms with van der Waals surface area (Å²) >= 11 is 1.56. The fraction of sp³-hybridized carbons (Fsp3) is 0.421. The van der Waals surface area contributed by atoms with Crippen molar-refractivity contribution in [3.63, 3.8) is 0 Å². The highest BCUT2D eigenvalue weighted by Gasteiger charge is 2.21. The molecule has 2 N–H and O–H groups in total. The number of amides is 1. The molecule has 3 rings (SSSR count). The number of carbonyl (C=O) groups is 1. The Morgan fingerprint density at radius 1 is 1.23 bits per heavy atom. The van der Waals surface area contributed by atoms with E-state index in [1.165, 1.54) is 29.0 Å². The SMILES string of the molecule is CC(C)NS(=O)(=O)c1ccc(NC(=O)c2cc3c(s2)CC[C@@H](C)C3)cc1. The number of anilines is 1. The second-order valence-corrected chi connectivity index (χ2v) is 10.0. The van der Waals surface area contributed by atoms with E-state index in [2.05, 4.69) is 17.0 Å². The van der Waals surface area contributed by atoms with Gasteiger partial charge in [0.15, 0.2) is 0 Å². The fourth-order valence-electron chi connectivity index (χ4n) is 3.11. The molecular formula is C19H24N2O3S2. The van der Waals surface area contributed by atoms with E-state index in [1.54, 1.807) is 37.3 Å². The molecule has 0 fully saturated rings. The van der Waals surface area contributed by atoms with Gasteiger partial charge in [-0.2, -0.15) is 0 Å². The molecule has 1 aliphatic rings. The van der Waals surface area contributed by atoms with E-state index in [0.717, 1.165) is 12.8 Å². The van der Waals surface area contributed by atoms with Crippen LogP contribution >= 0.6 is 11.3 Å². The summed E-state index contributed by atoms with van der Waals surface area (Å²) in [5, 5.41) is 2.85. The largest absolute Gasteiger partial charge is 0.321 e. The van der Waals surface area contributed by atoms with Crippen molar-refractivity contribution in [2.45, 2.75) is 51.0 Å². The topological polar surface area (TPSA) is 75.3 Å². The first kappa shape index (κ1) is 19.1. The number of aryl methyl sites for hydroxylation is 1. The number of thiophene rings is 1. The Hall–Kier alpha value is -1.70. The summed E-state index contributed by atoms with van der Waals surface area (Å²) < 4.78 is 26.8. The summed E-state index contributed by atoms with van der Waals surface area (Å²) in [5.41, 5.74) is 1.87. The Bertz CT molecular complexity index is 899. The maximum absolute atomic E-state index is 12.5. The molecule has 1 aromatic heterocycles. The van der Waals surface area contributed by atoms with Gasteiger partial charge in [-0.15, -0.1) is 11.3 Å². The van der Waals surface area contributed by atoms with E-state index in [-0.39, 0.29) is 16.8 Å². The normalized spacial score (nSPS) is 17.2. The first-order valence-corrected chi connectivity index (χ1v) is 11.1. The maximum atomic E-state index is 12.5. The predicted octanol–water partition coefficient (Wildman–Crippen LogP) is 3.81. The lowest BCUT2D eigenvalue weighted by atomic mass is 9.90. The van der Waals surface area contributed by atoms with Crippen molar-refractivity contribution in [3.8, 4) is 0 Å². The molecule has 5 nitrogen and oxygen atoms in total. The second-order valence-electron chi connectivity index (χ2n) is 7.16. The van der Waals surface area contributed by atoms with Crippen LogP contribution in [0.1, 0.15) is 47.3 Å². The van der Waals surface area contributed by atoms with Gasteiger partial charge < -0.3 is 5.32 Å². The van der Waals surface area contributed by atoms with E-state index in [1.807, 2.05) is 6.07 Å². The third-order valence-electron chi connectivity index (χ3n) is 4.37. The molecule has 2 aromatic rings. The molecule has 1 amide bonds. The summed E-state index contributed by atoms with van der Waals surface area (Å²) in [6.07, 6.45) is 3.26. The lowest BCUT2D eigenvalue weighted by Crippen LogP contribution is -2.30.